The van der Waals surface area contributed by atoms with Gasteiger partial charge in [-0.05, 0) is 55.5 Å². The van der Waals surface area contributed by atoms with Crippen LogP contribution in [0.1, 0.15) is 48.4 Å². The third kappa shape index (κ3) is 8.10. The molecule has 0 N–H and O–H groups in total. The minimum absolute atomic E-state index is 0.0331. The number of aldehydes is 1. The molecule has 0 saturated heterocycles. The molecule has 4 aromatic rings. The van der Waals surface area contributed by atoms with Crippen molar-refractivity contribution in [2.45, 2.75) is 31.3 Å². The van der Waals surface area contributed by atoms with E-state index in [1.54, 1.807) is 0 Å². The van der Waals surface area contributed by atoms with Gasteiger partial charge in [0.2, 0.25) is 0 Å². The van der Waals surface area contributed by atoms with Gasteiger partial charge in [-0.3, -0.25) is 24.7 Å². The Hall–Kier alpha value is -5.85. The van der Waals surface area contributed by atoms with Gasteiger partial charge in [0, 0.05) is 49.6 Å². The number of carbonyl (C=O) groups excluding carboxylic acids is 5. The number of hydrogen-bond acceptors (Lipinski definition) is 13. The number of nitrogens with zero attached hydrogens (tertiary/aromatic N) is 4. The van der Waals surface area contributed by atoms with E-state index in [0.717, 1.165) is 0 Å². The smallest absolute Gasteiger partial charge is 0.339 e. The summed E-state index contributed by atoms with van der Waals surface area (Å²) in [6.07, 6.45) is 4.44. The Balaban J connectivity index is 1.72. The van der Waals surface area contributed by atoms with Crippen LogP contribution in [-0.2, 0) is 23.7 Å². The molecule has 0 aromatic carbocycles. The van der Waals surface area contributed by atoms with Crippen molar-refractivity contribution in [3.05, 3.63) is 120 Å². The Labute approximate surface area is 244 Å². The molecule has 4 rings (SSSR count). The monoisotopic (exact) mass is 584 g/mol. The zero-order valence-corrected chi connectivity index (χ0v) is 22.6. The highest BCUT2D eigenvalue weighted by Gasteiger charge is 2.43. The highest BCUT2D eigenvalue weighted by Crippen LogP contribution is 2.22. The molecule has 218 valence electrons. The molecular weight excluding hydrogens is 560 g/mol. The predicted octanol–water partition coefficient (Wildman–Crippen LogP) is 2.69. The predicted molar refractivity (Wildman–Crippen MR) is 145 cm³/mol. The zero-order chi connectivity index (χ0) is 30.6. The number of carbonyl (C=O) groups is 5. The Bertz CT molecular complexity index is 1540. The van der Waals surface area contributed by atoms with Crippen molar-refractivity contribution in [1.29, 1.82) is 0 Å². The van der Waals surface area contributed by atoms with Crippen molar-refractivity contribution in [2.24, 2.45) is 0 Å². The molecule has 0 aliphatic heterocycles. The second kappa shape index (κ2) is 14.7. The van der Waals surface area contributed by atoms with Crippen molar-refractivity contribution in [3.63, 3.8) is 0 Å². The molecule has 0 bridgehead atoms. The third-order valence-corrected chi connectivity index (χ3v) is 5.93. The first kappa shape index (κ1) is 30.1. The van der Waals surface area contributed by atoms with Crippen LogP contribution in [0.3, 0.4) is 0 Å². The summed E-state index contributed by atoms with van der Waals surface area (Å²) >= 11 is 0. The Kier molecular flexibility index (Phi) is 10.3. The van der Waals surface area contributed by atoms with Gasteiger partial charge in [0.1, 0.15) is 6.10 Å². The molecule has 13 nitrogen and oxygen atoms in total. The Morgan fingerprint density at radius 2 is 0.814 bits per heavy atom. The highest BCUT2D eigenvalue weighted by atomic mass is 16.6. The lowest BCUT2D eigenvalue weighted by atomic mass is 10.0. The van der Waals surface area contributed by atoms with Gasteiger partial charge in [0.05, 0.1) is 22.3 Å². The van der Waals surface area contributed by atoms with E-state index in [-0.39, 0.29) is 28.5 Å². The molecule has 43 heavy (non-hydrogen) atoms. The maximum Gasteiger partial charge on any atom is 0.339 e. The number of hydrogen-bond donors (Lipinski definition) is 0. The van der Waals surface area contributed by atoms with E-state index in [4.69, 9.17) is 18.9 Å². The Morgan fingerprint density at radius 1 is 0.512 bits per heavy atom. The van der Waals surface area contributed by atoms with E-state index in [9.17, 15) is 24.0 Å². The van der Waals surface area contributed by atoms with Gasteiger partial charge in [-0.1, -0.05) is 0 Å². The van der Waals surface area contributed by atoms with Gasteiger partial charge in [-0.15, -0.1) is 0 Å². The molecule has 0 fully saturated rings. The molecule has 0 aliphatic rings. The van der Waals surface area contributed by atoms with Crippen LogP contribution in [-0.4, -0.2) is 74.5 Å². The van der Waals surface area contributed by atoms with Crippen molar-refractivity contribution in [2.75, 3.05) is 0 Å². The van der Waals surface area contributed by atoms with Crippen LogP contribution < -0.4 is 0 Å². The summed E-state index contributed by atoms with van der Waals surface area (Å²) in [7, 11) is 0. The van der Waals surface area contributed by atoms with Gasteiger partial charge in [0.15, 0.2) is 24.6 Å². The quantitative estimate of drug-likeness (QED) is 0.135. The topological polar surface area (TPSA) is 174 Å². The van der Waals surface area contributed by atoms with Crippen LogP contribution in [0.15, 0.2) is 98.1 Å². The van der Waals surface area contributed by atoms with E-state index in [2.05, 4.69) is 19.9 Å². The molecule has 0 saturated carbocycles. The summed E-state index contributed by atoms with van der Waals surface area (Å²) in [5.41, 5.74) is 0.264. The van der Waals surface area contributed by atoms with Gasteiger partial charge in [-0.25, -0.2) is 19.2 Å². The number of esters is 4. The van der Waals surface area contributed by atoms with E-state index in [0.29, 0.717) is 0 Å². The van der Waals surface area contributed by atoms with E-state index < -0.39 is 48.3 Å². The molecule has 4 aromatic heterocycles. The fourth-order valence-corrected chi connectivity index (χ4v) is 3.75. The fraction of sp³-hybridized carbons (Fsp3) is 0.167. The summed E-state index contributed by atoms with van der Waals surface area (Å²) in [5, 5.41) is 0. The summed E-state index contributed by atoms with van der Waals surface area (Å²) in [6.45, 7) is 1.36. The Morgan fingerprint density at radius 3 is 1.16 bits per heavy atom. The van der Waals surface area contributed by atoms with Crippen molar-refractivity contribution < 1.29 is 42.9 Å². The fourth-order valence-electron chi connectivity index (χ4n) is 3.75. The lowest BCUT2D eigenvalue weighted by Gasteiger charge is -2.33. The second-order valence-electron chi connectivity index (χ2n) is 8.80. The van der Waals surface area contributed by atoms with Crippen molar-refractivity contribution in [1.82, 2.24) is 19.9 Å². The minimum atomic E-state index is -1.82. The molecule has 0 amide bonds. The third-order valence-electron chi connectivity index (χ3n) is 5.93. The number of aromatic nitrogens is 4. The number of rotatable bonds is 12. The molecular formula is C30H24N4O9. The molecule has 13 heteroatoms. The van der Waals surface area contributed by atoms with E-state index in [1.165, 1.54) is 105 Å². The molecule has 0 spiro atoms. The van der Waals surface area contributed by atoms with Gasteiger partial charge in [0.25, 0.3) is 0 Å². The first-order valence-corrected chi connectivity index (χ1v) is 12.8. The average molecular weight is 585 g/mol. The molecule has 0 radical (unpaired) electrons. The van der Waals surface area contributed by atoms with E-state index in [1.807, 2.05) is 0 Å². The minimum Gasteiger partial charge on any atom is -0.455 e. The van der Waals surface area contributed by atoms with Crippen LogP contribution in [0.5, 0.6) is 0 Å². The maximum absolute atomic E-state index is 13.2. The van der Waals surface area contributed by atoms with Crippen LogP contribution in [0.4, 0.5) is 0 Å². The summed E-state index contributed by atoms with van der Waals surface area (Å²) in [4.78, 5) is 80.0. The summed E-state index contributed by atoms with van der Waals surface area (Å²) in [6, 6.07) is 10.9. The largest absolute Gasteiger partial charge is 0.455 e. The average Bonchev–Trinajstić information content (AvgIpc) is 3.06. The first-order valence-electron chi connectivity index (χ1n) is 12.8. The standard InChI is InChI=1S/C30H24N4O9/c1-19(40-27(36)20-2-10-31-11-3-20)25(42-29(38)22-6-14-33-15-7-22)26(43-30(39)23-8-16-34-17-9-23)24(18-35)41-28(37)21-4-12-32-13-5-21/h2-19,24-26H,1H3/t19-,24+,25+,26-/m1/s1. The first-order chi connectivity index (χ1) is 20.9. The van der Waals surface area contributed by atoms with Crippen molar-refractivity contribution >= 4 is 30.2 Å². The normalized spacial score (nSPS) is 13.3. The van der Waals surface area contributed by atoms with Crippen LogP contribution in [0.2, 0.25) is 0 Å². The SMILES string of the molecule is C[C@@H](OC(=O)c1ccncc1)[C@H](OC(=O)c1ccncc1)[C@H](OC(=O)c1ccncc1)[C@H](C=O)OC(=O)c1ccncc1. The molecule has 0 aliphatic carbocycles. The maximum atomic E-state index is 13.2. The number of ether oxygens (including phenoxy) is 4. The van der Waals surface area contributed by atoms with Gasteiger partial charge < -0.3 is 18.9 Å². The van der Waals surface area contributed by atoms with Crippen molar-refractivity contribution in [3.8, 4) is 0 Å². The molecule has 4 heterocycles. The van der Waals surface area contributed by atoms with Crippen LogP contribution in [0, 0.1) is 0 Å². The zero-order valence-electron chi connectivity index (χ0n) is 22.6. The second-order valence-corrected chi connectivity index (χ2v) is 8.80. The van der Waals surface area contributed by atoms with Crippen LogP contribution >= 0.6 is 0 Å². The number of pyridine rings is 4. The van der Waals surface area contributed by atoms with Crippen LogP contribution in [0.25, 0.3) is 0 Å². The van der Waals surface area contributed by atoms with Gasteiger partial charge >= 0.3 is 23.9 Å². The summed E-state index contributed by atoms with van der Waals surface area (Å²) < 4.78 is 22.3. The van der Waals surface area contributed by atoms with Gasteiger partial charge in [-0.2, -0.15) is 0 Å². The molecule has 0 unspecified atom stereocenters. The van der Waals surface area contributed by atoms with E-state index >= 15 is 0 Å². The highest BCUT2D eigenvalue weighted by molar-refractivity contribution is 5.92. The molecule has 4 atom stereocenters. The lowest BCUT2D eigenvalue weighted by Crippen LogP contribution is -2.51. The lowest BCUT2D eigenvalue weighted by molar-refractivity contribution is -0.137. The summed E-state index contributed by atoms with van der Waals surface area (Å²) in [5.74, 6) is -3.66.